The van der Waals surface area contributed by atoms with Gasteiger partial charge < -0.3 is 10.6 Å². The van der Waals surface area contributed by atoms with Gasteiger partial charge in [0, 0.05) is 24.5 Å². The maximum atomic E-state index is 13.1. The third-order valence-electron chi connectivity index (χ3n) is 5.59. The first-order valence-corrected chi connectivity index (χ1v) is 9.16. The highest BCUT2D eigenvalue weighted by atomic mass is 16.2. The van der Waals surface area contributed by atoms with Crippen molar-refractivity contribution in [3.63, 3.8) is 0 Å². The molecule has 0 saturated carbocycles. The van der Waals surface area contributed by atoms with E-state index in [0.29, 0.717) is 0 Å². The van der Waals surface area contributed by atoms with E-state index in [1.807, 2.05) is 48.2 Å². The van der Waals surface area contributed by atoms with Gasteiger partial charge in [-0.25, -0.2) is 0 Å². The molecule has 2 aromatic rings. The third-order valence-corrected chi connectivity index (χ3v) is 5.59. The van der Waals surface area contributed by atoms with Crippen LogP contribution < -0.4 is 5.73 Å². The lowest BCUT2D eigenvalue weighted by Crippen LogP contribution is -2.49. The van der Waals surface area contributed by atoms with Crippen LogP contribution in [0.25, 0.3) is 0 Å². The van der Waals surface area contributed by atoms with Crippen LogP contribution >= 0.6 is 0 Å². The minimum absolute atomic E-state index is 0.0196. The number of benzene rings is 2. The van der Waals surface area contributed by atoms with Crippen molar-refractivity contribution in [3.8, 4) is 0 Å². The molecule has 1 saturated heterocycles. The number of hydrogen-bond donors (Lipinski definition) is 1. The Morgan fingerprint density at radius 2 is 1.68 bits per heavy atom. The summed E-state index contributed by atoms with van der Waals surface area (Å²) >= 11 is 0. The molecule has 1 aliphatic rings. The van der Waals surface area contributed by atoms with E-state index in [0.717, 1.165) is 31.5 Å². The molecular weight excluding hydrogens is 308 g/mol. The summed E-state index contributed by atoms with van der Waals surface area (Å²) in [7, 11) is 0. The second kappa shape index (κ2) is 7.40. The van der Waals surface area contributed by atoms with Crippen LogP contribution in [0.4, 0.5) is 0 Å². The molecule has 1 fully saturated rings. The van der Waals surface area contributed by atoms with E-state index in [-0.39, 0.29) is 23.3 Å². The van der Waals surface area contributed by atoms with E-state index in [1.165, 1.54) is 5.56 Å². The van der Waals surface area contributed by atoms with Gasteiger partial charge in [0.15, 0.2) is 0 Å². The van der Waals surface area contributed by atoms with E-state index in [4.69, 9.17) is 5.73 Å². The van der Waals surface area contributed by atoms with Gasteiger partial charge in [-0.05, 0) is 24.0 Å². The van der Waals surface area contributed by atoms with Crippen LogP contribution in [0, 0.1) is 5.92 Å². The number of amides is 1. The normalized spacial score (nSPS) is 23.1. The second-order valence-corrected chi connectivity index (χ2v) is 7.52. The minimum Gasteiger partial charge on any atom is -0.342 e. The van der Waals surface area contributed by atoms with Gasteiger partial charge in [-0.3, -0.25) is 4.79 Å². The van der Waals surface area contributed by atoms with Crippen LogP contribution in [0.15, 0.2) is 60.7 Å². The Morgan fingerprint density at radius 3 is 2.32 bits per heavy atom. The summed E-state index contributed by atoms with van der Waals surface area (Å²) < 4.78 is 0. The lowest BCUT2D eigenvalue weighted by atomic mass is 9.75. The maximum absolute atomic E-state index is 13.1. The molecule has 0 bridgehead atoms. The van der Waals surface area contributed by atoms with Crippen LogP contribution in [0.3, 0.4) is 0 Å². The second-order valence-electron chi connectivity index (χ2n) is 7.52. The standard InChI is InChI=1S/C22H28N2O/c1-17(20(23)18-10-5-3-6-11-18)21(25)24-15-9-14-22(2,16-24)19-12-7-4-8-13-19/h3-8,10-13,17,20H,9,14-16,23H2,1-2H3. The molecule has 132 valence electrons. The molecule has 25 heavy (non-hydrogen) atoms. The Labute approximate surface area is 150 Å². The number of carbonyl (C=O) groups is 1. The SMILES string of the molecule is CC(C(=O)N1CCCC(C)(c2ccccc2)C1)C(N)c1ccccc1. The van der Waals surface area contributed by atoms with Crippen LogP contribution in [0.1, 0.15) is 43.9 Å². The number of carbonyl (C=O) groups excluding carboxylic acids is 1. The number of hydrogen-bond acceptors (Lipinski definition) is 2. The van der Waals surface area contributed by atoms with Crippen molar-refractivity contribution in [2.24, 2.45) is 11.7 Å². The van der Waals surface area contributed by atoms with Crippen LogP contribution in [0.5, 0.6) is 0 Å². The van der Waals surface area contributed by atoms with E-state index < -0.39 is 0 Å². The zero-order valence-corrected chi connectivity index (χ0v) is 15.2. The zero-order valence-electron chi connectivity index (χ0n) is 15.2. The van der Waals surface area contributed by atoms with Gasteiger partial charge in [-0.15, -0.1) is 0 Å². The van der Waals surface area contributed by atoms with Crippen molar-refractivity contribution in [3.05, 3.63) is 71.8 Å². The Bertz CT molecular complexity index is 700. The fourth-order valence-electron chi connectivity index (χ4n) is 3.91. The fourth-order valence-corrected chi connectivity index (χ4v) is 3.91. The first-order chi connectivity index (χ1) is 12.0. The number of likely N-dealkylation sites (tertiary alicyclic amines) is 1. The molecule has 3 atom stereocenters. The maximum Gasteiger partial charge on any atom is 0.227 e. The van der Waals surface area contributed by atoms with E-state index >= 15 is 0 Å². The first-order valence-electron chi connectivity index (χ1n) is 9.16. The highest BCUT2D eigenvalue weighted by Crippen LogP contribution is 2.34. The lowest BCUT2D eigenvalue weighted by molar-refractivity contribution is -0.137. The highest BCUT2D eigenvalue weighted by molar-refractivity contribution is 5.79. The van der Waals surface area contributed by atoms with Gasteiger partial charge in [-0.1, -0.05) is 74.5 Å². The number of nitrogens with two attached hydrogens (primary N) is 1. The Morgan fingerprint density at radius 1 is 1.08 bits per heavy atom. The molecular formula is C22H28N2O. The smallest absolute Gasteiger partial charge is 0.227 e. The average Bonchev–Trinajstić information content (AvgIpc) is 2.67. The summed E-state index contributed by atoms with van der Waals surface area (Å²) in [5, 5.41) is 0. The predicted molar refractivity (Wildman–Crippen MR) is 102 cm³/mol. The molecule has 3 heteroatoms. The third kappa shape index (κ3) is 3.77. The van der Waals surface area contributed by atoms with Crippen molar-refractivity contribution in [1.29, 1.82) is 0 Å². The minimum atomic E-state index is -0.265. The van der Waals surface area contributed by atoms with Crippen molar-refractivity contribution in [1.82, 2.24) is 4.90 Å². The molecule has 0 radical (unpaired) electrons. The van der Waals surface area contributed by atoms with Crippen molar-refractivity contribution in [2.45, 2.75) is 38.1 Å². The van der Waals surface area contributed by atoms with E-state index in [9.17, 15) is 4.79 Å². The summed E-state index contributed by atoms with van der Waals surface area (Å²) in [6.45, 7) is 5.81. The summed E-state index contributed by atoms with van der Waals surface area (Å²) in [6.07, 6.45) is 2.14. The van der Waals surface area contributed by atoms with Gasteiger partial charge >= 0.3 is 0 Å². The molecule has 2 aromatic carbocycles. The Hall–Kier alpha value is -2.13. The highest BCUT2D eigenvalue weighted by Gasteiger charge is 2.36. The summed E-state index contributed by atoms with van der Waals surface area (Å²) in [4.78, 5) is 15.1. The molecule has 0 spiro atoms. The predicted octanol–water partition coefficient (Wildman–Crippen LogP) is 3.90. The zero-order chi connectivity index (χ0) is 17.9. The fraction of sp³-hybridized carbons (Fsp3) is 0.409. The molecule has 1 amide bonds. The molecule has 0 aromatic heterocycles. The van der Waals surface area contributed by atoms with Gasteiger partial charge in [0.05, 0.1) is 5.92 Å². The molecule has 1 aliphatic heterocycles. The molecule has 1 heterocycles. The van der Waals surface area contributed by atoms with Crippen molar-refractivity contribution in [2.75, 3.05) is 13.1 Å². The first kappa shape index (κ1) is 17.7. The van der Waals surface area contributed by atoms with Gasteiger partial charge in [0.2, 0.25) is 5.91 Å². The van der Waals surface area contributed by atoms with Crippen LogP contribution in [-0.2, 0) is 10.2 Å². The Balaban J connectivity index is 1.74. The quantitative estimate of drug-likeness (QED) is 0.920. The molecule has 2 N–H and O–H groups in total. The summed E-state index contributed by atoms with van der Waals surface area (Å²) in [5.74, 6) is -0.0567. The van der Waals surface area contributed by atoms with Gasteiger partial charge in [-0.2, -0.15) is 0 Å². The summed E-state index contributed by atoms with van der Waals surface area (Å²) in [6, 6.07) is 20.2. The van der Waals surface area contributed by atoms with Crippen molar-refractivity contribution >= 4 is 5.91 Å². The number of rotatable bonds is 4. The molecule has 3 unspecified atom stereocenters. The summed E-state index contributed by atoms with van der Waals surface area (Å²) in [5.41, 5.74) is 8.73. The monoisotopic (exact) mass is 336 g/mol. The largest absolute Gasteiger partial charge is 0.342 e. The lowest BCUT2D eigenvalue weighted by Gasteiger charge is -2.42. The topological polar surface area (TPSA) is 46.3 Å². The average molecular weight is 336 g/mol. The van der Waals surface area contributed by atoms with E-state index in [1.54, 1.807) is 0 Å². The Kier molecular flexibility index (Phi) is 5.24. The molecule has 0 aliphatic carbocycles. The van der Waals surface area contributed by atoms with Crippen molar-refractivity contribution < 1.29 is 4.79 Å². The molecule has 3 rings (SSSR count). The number of nitrogens with zero attached hydrogens (tertiary/aromatic N) is 1. The van der Waals surface area contributed by atoms with E-state index in [2.05, 4.69) is 31.2 Å². The van der Waals surface area contributed by atoms with Gasteiger partial charge in [0.1, 0.15) is 0 Å². The van der Waals surface area contributed by atoms with Gasteiger partial charge in [0.25, 0.3) is 0 Å². The van der Waals surface area contributed by atoms with Crippen LogP contribution in [-0.4, -0.2) is 23.9 Å². The molecule has 3 nitrogen and oxygen atoms in total. The van der Waals surface area contributed by atoms with Crippen LogP contribution in [0.2, 0.25) is 0 Å². The number of piperidine rings is 1.